The Kier molecular flexibility index (Phi) is 2.53. The minimum absolute atomic E-state index is 0.0849. The van der Waals surface area contributed by atoms with E-state index >= 15 is 0 Å². The third-order valence-corrected chi connectivity index (χ3v) is 2.73. The van der Waals surface area contributed by atoms with Crippen molar-refractivity contribution in [3.8, 4) is 0 Å². The van der Waals surface area contributed by atoms with Crippen molar-refractivity contribution in [1.82, 2.24) is 5.32 Å². The van der Waals surface area contributed by atoms with Crippen molar-refractivity contribution >= 4 is 5.91 Å². The predicted molar refractivity (Wildman–Crippen MR) is 56.2 cm³/mol. The van der Waals surface area contributed by atoms with Crippen LogP contribution in [0.4, 0.5) is 0 Å². The highest BCUT2D eigenvalue weighted by atomic mass is 16.2. The van der Waals surface area contributed by atoms with E-state index in [2.05, 4.69) is 12.2 Å². The van der Waals surface area contributed by atoms with Gasteiger partial charge in [-0.1, -0.05) is 38.0 Å². The van der Waals surface area contributed by atoms with Crippen molar-refractivity contribution in [1.29, 1.82) is 0 Å². The first-order valence-corrected chi connectivity index (χ1v) is 5.22. The van der Waals surface area contributed by atoms with E-state index < -0.39 is 0 Å². The Morgan fingerprint density at radius 1 is 1.36 bits per heavy atom. The molecule has 1 aromatic rings. The molecule has 0 aromatic heterocycles. The van der Waals surface area contributed by atoms with Crippen LogP contribution in [0.2, 0.25) is 0 Å². The van der Waals surface area contributed by atoms with Crippen LogP contribution in [0.3, 0.4) is 0 Å². The van der Waals surface area contributed by atoms with Gasteiger partial charge in [0.15, 0.2) is 0 Å². The average Bonchev–Trinajstić information content (AvgIpc) is 2.54. The Hall–Kier alpha value is -1.31. The summed E-state index contributed by atoms with van der Waals surface area (Å²) in [4.78, 5) is 11.5. The molecule has 0 aliphatic carbocycles. The van der Waals surface area contributed by atoms with Gasteiger partial charge in [-0.05, 0) is 18.1 Å². The second-order valence-corrected chi connectivity index (χ2v) is 3.76. The van der Waals surface area contributed by atoms with Gasteiger partial charge in [-0.2, -0.15) is 0 Å². The summed E-state index contributed by atoms with van der Waals surface area (Å²) >= 11 is 0. The van der Waals surface area contributed by atoms with Crippen LogP contribution >= 0.6 is 0 Å². The van der Waals surface area contributed by atoms with Gasteiger partial charge in [0.05, 0.1) is 6.04 Å². The van der Waals surface area contributed by atoms with Gasteiger partial charge in [0, 0.05) is 5.56 Å². The Labute approximate surface area is 84.3 Å². The molecule has 1 amide bonds. The van der Waals surface area contributed by atoms with Crippen molar-refractivity contribution in [2.75, 3.05) is 0 Å². The molecule has 74 valence electrons. The number of hydrogen-bond donors (Lipinski definition) is 1. The number of amides is 1. The van der Waals surface area contributed by atoms with Gasteiger partial charge in [-0.25, -0.2) is 0 Å². The molecule has 1 heterocycles. The summed E-state index contributed by atoms with van der Waals surface area (Å²) in [6.07, 6.45) is 3.40. The number of nitrogens with one attached hydrogen (secondary N) is 1. The lowest BCUT2D eigenvalue weighted by Gasteiger charge is -2.09. The highest BCUT2D eigenvalue weighted by Gasteiger charge is 2.26. The fraction of sp³-hybridized carbons (Fsp3) is 0.417. The third-order valence-electron chi connectivity index (χ3n) is 2.73. The number of benzene rings is 1. The zero-order valence-electron chi connectivity index (χ0n) is 8.42. The predicted octanol–water partition coefficient (Wildman–Crippen LogP) is 2.66. The van der Waals surface area contributed by atoms with Gasteiger partial charge in [0.1, 0.15) is 0 Å². The van der Waals surface area contributed by atoms with E-state index in [1.54, 1.807) is 0 Å². The first-order valence-electron chi connectivity index (χ1n) is 5.22. The normalized spacial score (nSPS) is 19.2. The van der Waals surface area contributed by atoms with Gasteiger partial charge in [0.2, 0.25) is 0 Å². The topological polar surface area (TPSA) is 29.1 Å². The third kappa shape index (κ3) is 1.52. The maximum Gasteiger partial charge on any atom is 0.252 e. The molecule has 0 saturated heterocycles. The molecule has 1 aromatic carbocycles. The highest BCUT2D eigenvalue weighted by Crippen LogP contribution is 2.28. The quantitative estimate of drug-likeness (QED) is 0.778. The molecule has 1 aliphatic heterocycles. The van der Waals surface area contributed by atoms with Gasteiger partial charge >= 0.3 is 0 Å². The molecule has 2 heteroatoms. The number of fused-ring (bicyclic) bond motifs is 1. The second-order valence-electron chi connectivity index (χ2n) is 3.76. The number of carbonyl (C=O) groups excluding carboxylic acids is 1. The SMILES string of the molecule is CCCCC1NC(=O)c2ccccc21. The molecule has 2 nitrogen and oxygen atoms in total. The van der Waals surface area contributed by atoms with Gasteiger partial charge < -0.3 is 5.32 Å². The second kappa shape index (κ2) is 3.82. The van der Waals surface area contributed by atoms with Crippen LogP contribution in [0, 0.1) is 0 Å². The molecule has 1 unspecified atom stereocenters. The smallest absolute Gasteiger partial charge is 0.252 e. The molecule has 1 atom stereocenters. The van der Waals surface area contributed by atoms with Gasteiger partial charge in [0.25, 0.3) is 5.91 Å². The van der Waals surface area contributed by atoms with Crippen LogP contribution in [0.5, 0.6) is 0 Å². The Bertz CT molecular complexity index is 346. The fourth-order valence-corrected chi connectivity index (χ4v) is 1.96. The highest BCUT2D eigenvalue weighted by molar-refractivity contribution is 5.99. The van der Waals surface area contributed by atoms with Gasteiger partial charge in [-0.15, -0.1) is 0 Å². The van der Waals surface area contributed by atoms with E-state index in [1.807, 2.05) is 24.3 Å². The first-order chi connectivity index (χ1) is 6.83. The standard InChI is InChI=1S/C12H15NO/c1-2-3-8-11-9-6-4-5-7-10(9)12(14)13-11/h4-7,11H,2-3,8H2,1H3,(H,13,14). The van der Waals surface area contributed by atoms with Crippen molar-refractivity contribution in [2.45, 2.75) is 32.2 Å². The molecule has 0 saturated carbocycles. The van der Waals surface area contributed by atoms with E-state index in [4.69, 9.17) is 0 Å². The lowest BCUT2D eigenvalue weighted by Crippen LogP contribution is -2.18. The van der Waals surface area contributed by atoms with E-state index in [0.717, 1.165) is 12.0 Å². The summed E-state index contributed by atoms with van der Waals surface area (Å²) in [6.45, 7) is 2.17. The van der Waals surface area contributed by atoms with Crippen molar-refractivity contribution in [3.05, 3.63) is 35.4 Å². The minimum Gasteiger partial charge on any atom is -0.345 e. The molecular formula is C12H15NO. The summed E-state index contributed by atoms with van der Waals surface area (Å²) in [7, 11) is 0. The molecule has 1 aliphatic rings. The van der Waals surface area contributed by atoms with Gasteiger partial charge in [-0.3, -0.25) is 4.79 Å². The largest absolute Gasteiger partial charge is 0.345 e. The molecule has 0 radical (unpaired) electrons. The van der Waals surface area contributed by atoms with E-state index in [-0.39, 0.29) is 11.9 Å². The number of rotatable bonds is 3. The summed E-state index contributed by atoms with van der Waals surface area (Å²) in [6, 6.07) is 8.11. The van der Waals surface area contributed by atoms with Crippen LogP contribution in [-0.2, 0) is 0 Å². The van der Waals surface area contributed by atoms with E-state index in [0.29, 0.717) is 0 Å². The first kappa shape index (κ1) is 9.25. The number of unbranched alkanes of at least 4 members (excludes halogenated alkanes) is 1. The summed E-state index contributed by atoms with van der Waals surface area (Å²) < 4.78 is 0. The Balaban J connectivity index is 2.21. The molecule has 2 rings (SSSR count). The molecule has 0 bridgehead atoms. The monoisotopic (exact) mass is 189 g/mol. The van der Waals surface area contributed by atoms with Crippen LogP contribution in [0.15, 0.2) is 24.3 Å². The van der Waals surface area contributed by atoms with Crippen LogP contribution < -0.4 is 5.32 Å². The van der Waals surface area contributed by atoms with Crippen molar-refractivity contribution in [3.63, 3.8) is 0 Å². The van der Waals surface area contributed by atoms with Crippen LogP contribution in [0.25, 0.3) is 0 Å². The van der Waals surface area contributed by atoms with Crippen molar-refractivity contribution in [2.24, 2.45) is 0 Å². The minimum atomic E-state index is 0.0849. The average molecular weight is 189 g/mol. The number of hydrogen-bond acceptors (Lipinski definition) is 1. The molecule has 14 heavy (non-hydrogen) atoms. The molecule has 0 fully saturated rings. The van der Waals surface area contributed by atoms with E-state index in [9.17, 15) is 4.79 Å². The number of carbonyl (C=O) groups is 1. The van der Waals surface area contributed by atoms with Crippen LogP contribution in [-0.4, -0.2) is 5.91 Å². The molecule has 0 spiro atoms. The maximum atomic E-state index is 11.5. The zero-order chi connectivity index (χ0) is 9.97. The van der Waals surface area contributed by atoms with Crippen LogP contribution in [0.1, 0.15) is 48.1 Å². The zero-order valence-corrected chi connectivity index (χ0v) is 8.42. The lowest BCUT2D eigenvalue weighted by atomic mass is 10.0. The Morgan fingerprint density at radius 3 is 2.93 bits per heavy atom. The maximum absolute atomic E-state index is 11.5. The fourth-order valence-electron chi connectivity index (χ4n) is 1.96. The Morgan fingerprint density at radius 2 is 2.14 bits per heavy atom. The summed E-state index contributed by atoms with van der Waals surface area (Å²) in [5, 5.41) is 3.02. The molecular weight excluding hydrogens is 174 g/mol. The molecule has 1 N–H and O–H groups in total. The van der Waals surface area contributed by atoms with E-state index in [1.165, 1.54) is 18.4 Å². The summed E-state index contributed by atoms with van der Waals surface area (Å²) in [5.74, 6) is 0.0849. The lowest BCUT2D eigenvalue weighted by molar-refractivity contribution is 0.0954. The summed E-state index contributed by atoms with van der Waals surface area (Å²) in [5.41, 5.74) is 2.03. The van der Waals surface area contributed by atoms with Crippen molar-refractivity contribution < 1.29 is 4.79 Å².